The molecule has 3 unspecified atom stereocenters. The van der Waals surface area contributed by atoms with Gasteiger partial charge in [-0.1, -0.05) is 72.6 Å². The van der Waals surface area contributed by atoms with E-state index in [0.717, 1.165) is 17.5 Å². The van der Waals surface area contributed by atoms with Crippen LogP contribution in [0.3, 0.4) is 0 Å². The van der Waals surface area contributed by atoms with Crippen LogP contribution < -0.4 is 69.3 Å². The zero-order valence-electron chi connectivity index (χ0n) is 80.0. The number of pyridine rings is 1. The van der Waals surface area contributed by atoms with Crippen LogP contribution in [-0.4, -0.2) is 321 Å². The van der Waals surface area contributed by atoms with Gasteiger partial charge in [0.2, 0.25) is 31.2 Å². The number of aromatic nitrogens is 19. The molecular formula is C73H116Cl3N25NaO34P7Si. The van der Waals surface area contributed by atoms with E-state index in [1.165, 1.54) is 73.6 Å². The first-order valence-electron chi connectivity index (χ1n) is 42.2. The van der Waals surface area contributed by atoms with Gasteiger partial charge in [-0.25, -0.2) is 43.3 Å². The summed E-state index contributed by atoms with van der Waals surface area (Å²) in [5.41, 5.74) is 24.0. The summed E-state index contributed by atoms with van der Waals surface area (Å²) in [7, 11) is -31.0. The second-order valence-corrected chi connectivity index (χ2v) is 57.8. The molecule has 798 valence electrons. The first kappa shape index (κ1) is 124. The van der Waals surface area contributed by atoms with Gasteiger partial charge in [-0.15, -0.1) is 0 Å². The van der Waals surface area contributed by atoms with Crippen LogP contribution in [0.1, 0.15) is 118 Å². The van der Waals surface area contributed by atoms with Gasteiger partial charge in [0.25, 0.3) is 11.1 Å². The Morgan fingerprint density at radius 1 is 0.500 bits per heavy atom. The number of hydrogen-bond acceptors (Lipinski definition) is 44. The number of ether oxygens (including phenoxy) is 5. The number of imidazole rings is 5. The van der Waals surface area contributed by atoms with Crippen LogP contribution in [-0.2, 0) is 68.8 Å². The zero-order valence-corrected chi connectivity index (χ0v) is 91.5. The summed E-state index contributed by atoms with van der Waals surface area (Å²) in [6, 6.07) is 0.465. The Morgan fingerprint density at radius 2 is 0.819 bits per heavy atom. The standard InChI is InChI=1S/C17H24ClN4O3P.C14H21ClN5O4P.C12H17ClN5O6P.C12H20N5O13P3.C12H18N5O7P.C4H12Si.C2H3N.Na.H2O/c1-10(2)25-26(4,23)9-24-12-5-11(3)13(6-12)22-8-20-16-14(22)7-15(19)21-17(16)18;1-14(22)8(4-7(10(14)21)24-6-25(2,3)23)20-5-17-9-11(15)18-13(16)19-12(9)20;1-12(20)6(2-5(8(12)19)24-4-25(21,22)23)18-3-15-7-9(13)16-11(14)17-10(7)18;1-12(20)6(17-3-14-7-9(17)15-11(13)16-10(7)19)2-5(8(12)18)28-4-31(21,22)29-33(26,27)30-32(23,24)25;1-12(20)6(2-5(8(12)18)24-4-25(21,22)23)17-3-14-7-9(17)15-11(13)16-10(7)19;1-5(2,3)4;1-2-3;;/h5,7-8,10,12-13H,6,9H2,1-4H3,(H2,19,21);5,7-8,10,21-22H,4,6H2,1-3H3,(H2,16,18,19);3,5-6,8,19-20H,2,4H2,1H3,(H2,14,16,17)(H2,21,22,23);3,5-6,8,18,20H,2,4H2,1H3,(H,21,22)(H,26,27)(H2,23,24,25)(H3,13,15,16,19);3,5-6,8,18,20H,2,4H2,1H3,(H2,21,22,23)(H3,13,15,16,19);1-4H3;1H3;;1H2/q;;;;;;;+1;/p-1/t12-,13-,26?;7-,8+,10+,14-;3*5-,6+,8+,12-;;;;/m10000..../s1. The Hall–Kier alpha value is -6.65. The van der Waals surface area contributed by atoms with Crippen molar-refractivity contribution < 1.29 is 184 Å². The predicted molar refractivity (Wildman–Crippen MR) is 518 cm³/mol. The van der Waals surface area contributed by atoms with Crippen LogP contribution in [0.25, 0.3) is 55.7 Å². The Morgan fingerprint density at radius 3 is 1.16 bits per heavy atom. The predicted octanol–water partition coefficient (Wildman–Crippen LogP) is 1.06. The third-order valence-electron chi connectivity index (χ3n) is 22.0. The number of nitrogens with one attached hydrogen (secondary N) is 2. The van der Waals surface area contributed by atoms with Gasteiger partial charge < -0.3 is 170 Å². The number of aliphatic hydroxyl groups is 8. The average Bonchev–Trinajstić information content (AvgIpc) is 1.61. The van der Waals surface area contributed by atoms with Crippen molar-refractivity contribution in [3.63, 3.8) is 0 Å². The number of nitrogens with two attached hydrogens (primary N) is 5. The van der Waals surface area contributed by atoms with Crippen molar-refractivity contribution in [2.24, 2.45) is 0 Å². The van der Waals surface area contributed by atoms with Gasteiger partial charge in [-0.3, -0.25) is 37.8 Å². The molecule has 15 rings (SSSR count). The first-order valence-corrected chi connectivity index (χ1v) is 60.8. The quantitative estimate of drug-likeness (QED) is 0.0118. The van der Waals surface area contributed by atoms with Crippen molar-refractivity contribution in [3.8, 4) is 6.07 Å². The summed E-state index contributed by atoms with van der Waals surface area (Å²) in [5, 5.41) is 92.4. The van der Waals surface area contributed by atoms with E-state index in [2.05, 4.69) is 111 Å². The fraction of sp³-hybridized carbons (Fsp3) is 0.603. The minimum atomic E-state index is -5.66. The van der Waals surface area contributed by atoms with Crippen LogP contribution in [0.5, 0.6) is 0 Å². The number of halogens is 3. The first-order chi connectivity index (χ1) is 65.0. The van der Waals surface area contributed by atoms with E-state index < -0.39 is 187 Å². The normalized spacial score (nSPS) is 27.1. The van der Waals surface area contributed by atoms with Crippen molar-refractivity contribution in [2.45, 2.75) is 227 Å². The number of H-pyrrole nitrogens is 2. The second-order valence-electron chi connectivity index (χ2n) is 36.9. The molecular weight excluding hydrogens is 2150 g/mol. The summed E-state index contributed by atoms with van der Waals surface area (Å²) >= 11 is 18.2. The molecule has 10 aromatic rings. The van der Waals surface area contributed by atoms with Gasteiger partial charge in [0.05, 0.1) is 116 Å². The number of aromatic amines is 2. The number of aliphatic hydroxyl groups excluding tert-OH is 4. The van der Waals surface area contributed by atoms with Crippen LogP contribution >= 0.6 is 87.7 Å². The van der Waals surface area contributed by atoms with Crippen molar-refractivity contribution in [1.29, 1.82) is 5.26 Å². The third kappa shape index (κ3) is 31.8. The number of nitrogens with zero attached hydrogens (tertiary/aromatic N) is 18. The maximum Gasteiger partial charge on any atom is 1.00 e. The molecule has 144 heavy (non-hydrogen) atoms. The number of rotatable bonds is 26. The maximum absolute atomic E-state index is 12.4. The van der Waals surface area contributed by atoms with Gasteiger partial charge >= 0.3 is 68.0 Å². The van der Waals surface area contributed by atoms with E-state index in [1.54, 1.807) is 43.0 Å². The number of hydrogen-bond donors (Lipinski definition) is 23. The molecule has 0 aliphatic heterocycles. The van der Waals surface area contributed by atoms with Crippen molar-refractivity contribution in [3.05, 3.63) is 85.5 Å². The fourth-order valence-electron chi connectivity index (χ4n) is 15.9. The minimum Gasteiger partial charge on any atom is -0.870 e. The van der Waals surface area contributed by atoms with E-state index in [-0.39, 0.29) is 153 Å². The molecule has 0 amide bonds. The molecule has 0 aromatic carbocycles. The summed E-state index contributed by atoms with van der Waals surface area (Å²) in [6.45, 7) is 26.8. The molecule has 4 saturated carbocycles. The van der Waals surface area contributed by atoms with Gasteiger partial charge in [-0.2, -0.15) is 39.5 Å². The maximum atomic E-state index is 12.4. The van der Waals surface area contributed by atoms with E-state index in [0.29, 0.717) is 34.1 Å². The molecule has 5 aliphatic carbocycles. The molecule has 21 atom stereocenters. The van der Waals surface area contributed by atoms with E-state index in [9.17, 15) is 92.2 Å². The summed E-state index contributed by atoms with van der Waals surface area (Å²) in [5.74, 6) is -0.0967. The van der Waals surface area contributed by atoms with Gasteiger partial charge in [0.1, 0.15) is 102 Å². The Kier molecular flexibility index (Phi) is 41.3. The molecule has 0 radical (unpaired) electrons. The Bertz CT molecular complexity index is 6640. The smallest absolute Gasteiger partial charge is 0.870 e. The summed E-state index contributed by atoms with van der Waals surface area (Å²) < 4.78 is 128. The largest absolute Gasteiger partial charge is 1.00 e. The topological polar surface area (TPSA) is 946 Å². The van der Waals surface area contributed by atoms with Crippen molar-refractivity contribution in [2.75, 3.05) is 80.4 Å². The van der Waals surface area contributed by atoms with Gasteiger partial charge in [0.15, 0.2) is 49.1 Å². The van der Waals surface area contributed by atoms with Gasteiger partial charge in [-0.05, 0) is 87.5 Å². The van der Waals surface area contributed by atoms with Crippen LogP contribution in [0, 0.1) is 11.3 Å². The number of nitriles is 1. The van der Waals surface area contributed by atoms with E-state index >= 15 is 0 Å². The SMILES string of the molecule is CC#N.CC1=C[C@@H](OCP(C)(=O)OC(C)C)C[C@H]1n1cnc2c(Cl)nc(N)cc21.C[C@@]1(O)[C@H](O)[C@@H](OCP(=O)(O)O)C[C@H]1n1cnc2c(=O)[nH]c(N)nc21.C[C@@]1(O)[C@H](O)[C@@H](OCP(=O)(O)O)C[C@H]1n1cnc2c(Cl)nc(N)nc21.C[C@@]1(O)[C@H](O)[C@@H](OCP(=O)(O)OP(=O)(O)OP(=O)(O)O)C[C@H]1n1cnc2c(=O)[nH]c(N)nc21.C[C@@]1(O)[C@H](O)[C@@H](OCP(C)(C)=O)C[C@H]1n1cnc2c(Cl)nc(N)nc21.C[Si](C)(C)C.[Na+].[OH-]. The Labute approximate surface area is 856 Å². The monoisotopic (exact) mass is 2260 g/mol. The second kappa shape index (κ2) is 47.9. The molecule has 10 heterocycles. The van der Waals surface area contributed by atoms with Crippen LogP contribution in [0.2, 0.25) is 41.6 Å². The molecule has 0 bridgehead atoms. The van der Waals surface area contributed by atoms with Crippen LogP contribution in [0.4, 0.5) is 29.6 Å². The summed E-state index contributed by atoms with van der Waals surface area (Å²) in [6.07, 6.45) is -2.81. The molecule has 10 aromatic heterocycles. The number of nitrogen functional groups attached to an aromatic ring is 5. The van der Waals surface area contributed by atoms with E-state index in [1.807, 2.05) is 25.3 Å². The van der Waals surface area contributed by atoms with Crippen molar-refractivity contribution in [1.82, 2.24) is 92.6 Å². The number of allylic oxidation sites excluding steroid dienone is 1. The molecule has 0 spiro atoms. The number of phosphoric acid groups is 2. The van der Waals surface area contributed by atoms with E-state index in [4.69, 9.17) is 126 Å². The molecule has 5 aliphatic rings. The molecule has 29 N–H and O–H groups in total. The molecule has 0 saturated heterocycles. The fourth-order valence-corrected chi connectivity index (χ4v) is 22.7. The number of fused-ring (bicyclic) bond motifs is 5. The Balaban J connectivity index is 0.000000239. The molecule has 59 nitrogen and oxygen atoms in total. The number of anilines is 5. The molecule has 4 fully saturated rings. The average molecular weight is 2260 g/mol. The van der Waals surface area contributed by atoms with Crippen molar-refractivity contribution >= 4 is 181 Å². The zero-order chi connectivity index (χ0) is 107. The van der Waals surface area contributed by atoms with Gasteiger partial charge in [0, 0.05) is 34.1 Å². The summed E-state index contributed by atoms with van der Waals surface area (Å²) in [4.78, 5) is 148. The molecule has 71 heteroatoms. The minimum absolute atomic E-state index is 0. The van der Waals surface area contributed by atoms with Crippen LogP contribution in [0.15, 0.2) is 58.9 Å². The third-order valence-corrected chi connectivity index (χ3v) is 30.0.